The summed E-state index contributed by atoms with van der Waals surface area (Å²) in [6.45, 7) is 6.86. The molecule has 0 unspecified atom stereocenters. The lowest BCUT2D eigenvalue weighted by Crippen LogP contribution is -2.51. The van der Waals surface area contributed by atoms with Gasteiger partial charge in [-0.3, -0.25) is 9.59 Å². The van der Waals surface area contributed by atoms with Crippen LogP contribution in [0, 0.1) is 34.5 Å². The van der Waals surface area contributed by atoms with Crippen LogP contribution in [0.15, 0.2) is 30.4 Å². The van der Waals surface area contributed by atoms with Crippen LogP contribution < -0.4 is 0 Å². The Bertz CT molecular complexity index is 890. The van der Waals surface area contributed by atoms with E-state index in [4.69, 9.17) is 4.74 Å². The second-order valence-corrected chi connectivity index (χ2v) is 11.1. The third-order valence-corrected chi connectivity index (χ3v) is 9.68. The number of esters is 1. The van der Waals surface area contributed by atoms with Crippen molar-refractivity contribution in [1.82, 2.24) is 9.55 Å². The summed E-state index contributed by atoms with van der Waals surface area (Å²) in [6, 6.07) is 0. The topological polar surface area (TPSA) is 61.2 Å². The number of carbonyl (C=O) groups excluding carboxylic acids is 2. The van der Waals surface area contributed by atoms with E-state index in [-0.39, 0.29) is 28.8 Å². The molecule has 0 amide bonds. The Morgan fingerprint density at radius 2 is 2.00 bits per heavy atom. The molecule has 4 aliphatic carbocycles. The van der Waals surface area contributed by atoms with Crippen LogP contribution >= 0.6 is 0 Å². The van der Waals surface area contributed by atoms with Crippen molar-refractivity contribution >= 4 is 11.8 Å². The molecule has 1 heterocycles. The number of Topliss-reactive ketones (excluding diaryl/α,β-unsaturated/α-hetero) is 1. The van der Waals surface area contributed by atoms with Crippen LogP contribution in [-0.2, 0) is 20.9 Å². The molecule has 0 radical (unpaired) electrons. The molecule has 0 saturated heterocycles. The Balaban J connectivity index is 1.34. The minimum Gasteiger partial charge on any atom is -0.462 e. The van der Waals surface area contributed by atoms with Gasteiger partial charge in [-0.15, -0.1) is 0 Å². The highest BCUT2D eigenvalue weighted by molar-refractivity contribution is 5.82. The minimum absolute atomic E-state index is 0.0545. The molecule has 0 aromatic carbocycles. The van der Waals surface area contributed by atoms with Crippen LogP contribution in [0.25, 0.3) is 0 Å². The van der Waals surface area contributed by atoms with Gasteiger partial charge in [-0.25, -0.2) is 4.98 Å². The second-order valence-electron chi connectivity index (χ2n) is 11.1. The van der Waals surface area contributed by atoms with Gasteiger partial charge in [0, 0.05) is 31.7 Å². The molecule has 31 heavy (non-hydrogen) atoms. The van der Waals surface area contributed by atoms with Crippen molar-refractivity contribution in [1.29, 1.82) is 0 Å². The van der Waals surface area contributed by atoms with Crippen molar-refractivity contribution in [3.8, 4) is 0 Å². The second kappa shape index (κ2) is 7.60. The number of ketones is 1. The van der Waals surface area contributed by atoms with Gasteiger partial charge < -0.3 is 9.30 Å². The Labute approximate surface area is 185 Å². The maximum atomic E-state index is 13.2. The van der Waals surface area contributed by atoms with Crippen molar-refractivity contribution in [2.45, 2.75) is 84.8 Å². The maximum absolute atomic E-state index is 13.2. The zero-order valence-corrected chi connectivity index (χ0v) is 19.2. The number of hydrogen-bond donors (Lipinski definition) is 0. The first kappa shape index (κ1) is 21.0. The zero-order chi connectivity index (χ0) is 21.8. The maximum Gasteiger partial charge on any atom is 0.302 e. The lowest BCUT2D eigenvalue weighted by atomic mass is 9.47. The van der Waals surface area contributed by atoms with Crippen molar-refractivity contribution in [2.75, 3.05) is 0 Å². The van der Waals surface area contributed by atoms with E-state index >= 15 is 0 Å². The largest absolute Gasteiger partial charge is 0.462 e. The number of ether oxygens (including phenoxy) is 1. The summed E-state index contributed by atoms with van der Waals surface area (Å²) >= 11 is 0. The molecule has 168 valence electrons. The molecular weight excluding hydrogens is 388 g/mol. The summed E-state index contributed by atoms with van der Waals surface area (Å²) in [5.74, 6) is 2.44. The van der Waals surface area contributed by atoms with Gasteiger partial charge >= 0.3 is 5.97 Å². The predicted octanol–water partition coefficient (Wildman–Crippen LogP) is 4.96. The van der Waals surface area contributed by atoms with Crippen LogP contribution in [0.3, 0.4) is 0 Å². The molecule has 7 atom stereocenters. The third kappa shape index (κ3) is 3.39. The Hall–Kier alpha value is -1.91. The summed E-state index contributed by atoms with van der Waals surface area (Å²) in [7, 11) is 0. The molecule has 0 bridgehead atoms. The van der Waals surface area contributed by atoms with E-state index in [2.05, 4.69) is 24.9 Å². The van der Waals surface area contributed by atoms with Crippen LogP contribution in [0.2, 0.25) is 0 Å². The van der Waals surface area contributed by atoms with Crippen molar-refractivity contribution in [3.63, 3.8) is 0 Å². The standard InChI is InChI=1S/C26H36N2O3/c1-17(29)31-19-8-10-25(2)18(14-19)4-5-20-21-6-7-23(26(21,3)11-9-22(20)25)24(30)15-28-13-12-27-16-28/h4,12-13,16,19-23H,5-11,14-15H2,1-3H3/t19-,20-,21-,22-,23+,25-,26-/m0/s1. The van der Waals surface area contributed by atoms with E-state index in [1.807, 2.05) is 10.8 Å². The molecular formula is C26H36N2O3. The van der Waals surface area contributed by atoms with E-state index < -0.39 is 0 Å². The average Bonchev–Trinajstić information content (AvgIpc) is 3.34. The fraction of sp³-hybridized carbons (Fsp3) is 0.731. The number of imidazole rings is 1. The van der Waals surface area contributed by atoms with Gasteiger partial charge in [-0.1, -0.05) is 25.5 Å². The molecule has 0 aliphatic heterocycles. The molecule has 1 aromatic heterocycles. The molecule has 0 spiro atoms. The Morgan fingerprint density at radius 3 is 2.74 bits per heavy atom. The summed E-state index contributed by atoms with van der Waals surface area (Å²) < 4.78 is 7.49. The van der Waals surface area contributed by atoms with Crippen LogP contribution in [0.5, 0.6) is 0 Å². The van der Waals surface area contributed by atoms with Crippen LogP contribution in [-0.4, -0.2) is 27.4 Å². The van der Waals surface area contributed by atoms with Crippen LogP contribution in [0.1, 0.15) is 72.1 Å². The number of hydrogen-bond acceptors (Lipinski definition) is 4. The third-order valence-electron chi connectivity index (χ3n) is 9.68. The van der Waals surface area contributed by atoms with E-state index in [0.29, 0.717) is 30.1 Å². The van der Waals surface area contributed by atoms with Crippen molar-refractivity contribution in [3.05, 3.63) is 30.4 Å². The first-order chi connectivity index (χ1) is 14.8. The summed E-state index contributed by atoms with van der Waals surface area (Å²) in [4.78, 5) is 28.8. The molecule has 3 saturated carbocycles. The van der Waals surface area contributed by atoms with Crippen LogP contribution in [0.4, 0.5) is 0 Å². The summed E-state index contributed by atoms with van der Waals surface area (Å²) in [5, 5.41) is 0. The van der Waals surface area contributed by atoms with Gasteiger partial charge in [0.15, 0.2) is 5.78 Å². The number of allylic oxidation sites excluding steroid dienone is 1. The fourth-order valence-corrected chi connectivity index (χ4v) is 8.16. The molecule has 4 aliphatic rings. The van der Waals surface area contributed by atoms with Gasteiger partial charge in [-0.2, -0.15) is 0 Å². The zero-order valence-electron chi connectivity index (χ0n) is 19.2. The monoisotopic (exact) mass is 424 g/mol. The van der Waals surface area contributed by atoms with Gasteiger partial charge in [-0.05, 0) is 73.5 Å². The first-order valence-corrected chi connectivity index (χ1v) is 12.2. The summed E-state index contributed by atoms with van der Waals surface area (Å²) in [6.07, 6.45) is 16.7. The minimum atomic E-state index is -0.159. The van der Waals surface area contributed by atoms with Gasteiger partial charge in [0.25, 0.3) is 0 Å². The normalized spacial score (nSPS) is 41.5. The number of aromatic nitrogens is 2. The molecule has 0 N–H and O–H groups in total. The van der Waals surface area contributed by atoms with Crippen molar-refractivity contribution in [2.24, 2.45) is 34.5 Å². The van der Waals surface area contributed by atoms with E-state index in [1.165, 1.54) is 25.3 Å². The van der Waals surface area contributed by atoms with E-state index in [0.717, 1.165) is 38.5 Å². The SMILES string of the molecule is CC(=O)O[C@H]1CC[C@@]2(C)C(=CC[C@H]3[C@@H]4CC[C@H](C(=O)Cn5ccnc5)[C@@]4(C)CC[C@@H]32)C1. The number of carbonyl (C=O) groups is 2. The number of rotatable bonds is 4. The van der Waals surface area contributed by atoms with E-state index in [9.17, 15) is 9.59 Å². The van der Waals surface area contributed by atoms with Crippen molar-refractivity contribution < 1.29 is 14.3 Å². The molecule has 3 fully saturated rings. The predicted molar refractivity (Wildman–Crippen MR) is 118 cm³/mol. The molecule has 1 aromatic rings. The average molecular weight is 425 g/mol. The Kier molecular flexibility index (Phi) is 5.14. The quantitative estimate of drug-likeness (QED) is 0.506. The lowest BCUT2D eigenvalue weighted by Gasteiger charge is -2.58. The number of nitrogens with zero attached hydrogens (tertiary/aromatic N) is 2. The molecule has 5 nitrogen and oxygen atoms in total. The highest BCUT2D eigenvalue weighted by Crippen LogP contribution is 2.66. The molecule has 5 rings (SSSR count). The van der Waals surface area contributed by atoms with Gasteiger partial charge in [0.05, 0.1) is 12.9 Å². The van der Waals surface area contributed by atoms with Gasteiger partial charge in [0.1, 0.15) is 6.10 Å². The molecule has 5 heteroatoms. The first-order valence-electron chi connectivity index (χ1n) is 12.2. The summed E-state index contributed by atoms with van der Waals surface area (Å²) in [5.41, 5.74) is 1.90. The van der Waals surface area contributed by atoms with E-state index in [1.54, 1.807) is 12.5 Å². The smallest absolute Gasteiger partial charge is 0.302 e. The number of fused-ring (bicyclic) bond motifs is 5. The lowest BCUT2D eigenvalue weighted by molar-refractivity contribution is -0.149. The van der Waals surface area contributed by atoms with Gasteiger partial charge in [0.2, 0.25) is 0 Å². The highest BCUT2D eigenvalue weighted by Gasteiger charge is 2.59. The fourth-order valence-electron chi connectivity index (χ4n) is 8.16. The highest BCUT2D eigenvalue weighted by atomic mass is 16.5. The Morgan fingerprint density at radius 1 is 1.16 bits per heavy atom.